The lowest BCUT2D eigenvalue weighted by atomic mass is 9.47. The Morgan fingerprint density at radius 2 is 1.38 bits per heavy atom. The number of methoxy groups -OCH3 is 2. The van der Waals surface area contributed by atoms with E-state index in [1.54, 1.807) is 14.2 Å². The van der Waals surface area contributed by atoms with Gasteiger partial charge in [0.1, 0.15) is 0 Å². The van der Waals surface area contributed by atoms with Crippen LogP contribution in [0.25, 0.3) is 0 Å². The molecule has 0 aromatic heterocycles. The molecule has 5 nitrogen and oxygen atoms in total. The van der Waals surface area contributed by atoms with Crippen LogP contribution in [0.5, 0.6) is 0 Å². The van der Waals surface area contributed by atoms with Gasteiger partial charge in [-0.05, 0) is 36.1 Å². The topological polar surface area (TPSA) is 55.8 Å². The van der Waals surface area contributed by atoms with Crippen molar-refractivity contribution in [3.8, 4) is 0 Å². The molecule has 2 aromatic rings. The van der Waals surface area contributed by atoms with Crippen LogP contribution in [0.1, 0.15) is 42.0 Å². The lowest BCUT2D eigenvalue weighted by Crippen LogP contribution is -2.60. The van der Waals surface area contributed by atoms with Gasteiger partial charge in [-0.1, -0.05) is 48.5 Å². The fourth-order valence-electron chi connectivity index (χ4n) is 6.23. The molecule has 3 aliphatic carbocycles. The van der Waals surface area contributed by atoms with Gasteiger partial charge in [-0.25, -0.2) is 0 Å². The third kappa shape index (κ3) is 2.02. The average molecular weight is 391 g/mol. The number of nitrogens with zero attached hydrogens (tertiary/aromatic N) is 1. The number of carbonyl (C=O) groups excluding carboxylic acids is 2. The lowest BCUT2D eigenvalue weighted by molar-refractivity contribution is -0.169. The van der Waals surface area contributed by atoms with Gasteiger partial charge in [0.15, 0.2) is 6.29 Å². The lowest BCUT2D eigenvalue weighted by Gasteiger charge is -2.56. The zero-order valence-electron chi connectivity index (χ0n) is 17.1. The third-order valence-electron chi connectivity index (χ3n) is 7.03. The molecule has 4 aliphatic rings. The molecular formula is C24H25NO4. The Balaban J connectivity index is 1.91. The van der Waals surface area contributed by atoms with Gasteiger partial charge in [0, 0.05) is 26.2 Å². The molecule has 1 aliphatic heterocycles. The summed E-state index contributed by atoms with van der Waals surface area (Å²) in [4.78, 5) is 28.8. The monoisotopic (exact) mass is 391 g/mol. The summed E-state index contributed by atoms with van der Waals surface area (Å²) in [5, 5.41) is 0. The Kier molecular flexibility index (Phi) is 3.99. The molecule has 2 atom stereocenters. The van der Waals surface area contributed by atoms with Crippen LogP contribution in [0.2, 0.25) is 0 Å². The van der Waals surface area contributed by atoms with Crippen LogP contribution in [0.3, 0.4) is 0 Å². The second kappa shape index (κ2) is 6.25. The summed E-state index contributed by atoms with van der Waals surface area (Å²) in [5.41, 5.74) is 3.39. The number of imide groups is 1. The van der Waals surface area contributed by atoms with Gasteiger partial charge < -0.3 is 9.47 Å². The van der Waals surface area contributed by atoms with E-state index in [0.717, 1.165) is 22.3 Å². The van der Waals surface area contributed by atoms with Crippen molar-refractivity contribution < 1.29 is 19.1 Å². The van der Waals surface area contributed by atoms with Crippen LogP contribution in [0.15, 0.2) is 48.5 Å². The van der Waals surface area contributed by atoms with Crippen LogP contribution in [-0.2, 0) is 24.5 Å². The molecule has 1 heterocycles. The van der Waals surface area contributed by atoms with Gasteiger partial charge in [-0.15, -0.1) is 0 Å². The number of hydrogen-bond acceptors (Lipinski definition) is 4. The maximum Gasteiger partial charge on any atom is 0.234 e. The fraction of sp³-hybridized carbons (Fsp3) is 0.417. The summed E-state index contributed by atoms with van der Waals surface area (Å²) in [5.74, 6) is -1.33. The molecular weight excluding hydrogens is 366 g/mol. The predicted octanol–water partition coefficient (Wildman–Crippen LogP) is 3.06. The normalized spacial score (nSPS) is 29.4. The highest BCUT2D eigenvalue weighted by molar-refractivity contribution is 6.08. The summed E-state index contributed by atoms with van der Waals surface area (Å²) in [7, 11) is 3.20. The molecule has 150 valence electrons. The second-order valence-electron chi connectivity index (χ2n) is 8.47. The smallest absolute Gasteiger partial charge is 0.234 e. The number of carbonyl (C=O) groups is 2. The molecule has 2 bridgehead atoms. The van der Waals surface area contributed by atoms with E-state index in [9.17, 15) is 9.59 Å². The molecule has 29 heavy (non-hydrogen) atoms. The predicted molar refractivity (Wildman–Crippen MR) is 107 cm³/mol. The van der Waals surface area contributed by atoms with Crippen molar-refractivity contribution in [3.63, 3.8) is 0 Å². The third-order valence-corrected chi connectivity index (χ3v) is 7.03. The zero-order chi connectivity index (χ0) is 20.5. The number of rotatable bonds is 4. The van der Waals surface area contributed by atoms with Crippen molar-refractivity contribution in [2.45, 2.75) is 37.5 Å². The highest BCUT2D eigenvalue weighted by Gasteiger charge is 2.70. The van der Waals surface area contributed by atoms with Crippen molar-refractivity contribution in [1.82, 2.24) is 4.90 Å². The zero-order valence-corrected chi connectivity index (χ0v) is 17.1. The van der Waals surface area contributed by atoms with E-state index in [1.807, 2.05) is 38.1 Å². The standard InChI is InChI=1S/C24H25NO4/c1-13(2)25-21(26)19-18-14-9-5-7-11-16(14)24(20(19)22(25)27,23(28-3)29-4)17-12-8-6-10-15(17)18/h5-13,18-20,23H,1-4H3. The van der Waals surface area contributed by atoms with Crippen LogP contribution in [0, 0.1) is 11.8 Å². The van der Waals surface area contributed by atoms with Crippen molar-refractivity contribution in [3.05, 3.63) is 70.8 Å². The summed E-state index contributed by atoms with van der Waals surface area (Å²) >= 11 is 0. The van der Waals surface area contributed by atoms with Crippen LogP contribution in [-0.4, -0.2) is 43.3 Å². The fourth-order valence-corrected chi connectivity index (χ4v) is 6.23. The Labute approximate surface area is 170 Å². The van der Waals surface area contributed by atoms with Gasteiger partial charge in [0.2, 0.25) is 11.8 Å². The summed E-state index contributed by atoms with van der Waals surface area (Å²) in [6.07, 6.45) is -0.692. The first-order valence-electron chi connectivity index (χ1n) is 10.1. The first-order valence-corrected chi connectivity index (χ1v) is 10.1. The van der Waals surface area contributed by atoms with Crippen molar-refractivity contribution >= 4 is 11.8 Å². The largest absolute Gasteiger partial charge is 0.355 e. The van der Waals surface area contributed by atoms with Crippen molar-refractivity contribution in [2.24, 2.45) is 11.8 Å². The minimum absolute atomic E-state index is 0.0839. The highest BCUT2D eigenvalue weighted by atomic mass is 16.7. The maximum absolute atomic E-state index is 13.7. The summed E-state index contributed by atoms with van der Waals surface area (Å²) in [6.45, 7) is 3.79. The minimum Gasteiger partial charge on any atom is -0.355 e. The number of hydrogen-bond donors (Lipinski definition) is 0. The molecule has 1 saturated heterocycles. The highest BCUT2D eigenvalue weighted by Crippen LogP contribution is 2.65. The van der Waals surface area contributed by atoms with Gasteiger partial charge in [-0.3, -0.25) is 14.5 Å². The molecule has 6 rings (SSSR count). The summed E-state index contributed by atoms with van der Waals surface area (Å²) < 4.78 is 11.7. The van der Waals surface area contributed by atoms with Gasteiger partial charge in [0.05, 0.1) is 17.3 Å². The van der Waals surface area contributed by atoms with Crippen molar-refractivity contribution in [1.29, 1.82) is 0 Å². The van der Waals surface area contributed by atoms with E-state index in [1.165, 1.54) is 4.90 Å². The molecule has 0 radical (unpaired) electrons. The van der Waals surface area contributed by atoms with E-state index in [4.69, 9.17) is 9.47 Å². The number of amides is 2. The van der Waals surface area contributed by atoms with E-state index < -0.39 is 23.5 Å². The Morgan fingerprint density at radius 3 is 1.86 bits per heavy atom. The molecule has 2 amide bonds. The summed E-state index contributed by atoms with van der Waals surface area (Å²) in [6, 6.07) is 16.1. The molecule has 0 saturated carbocycles. The molecule has 1 fully saturated rings. The van der Waals surface area contributed by atoms with E-state index in [2.05, 4.69) is 24.3 Å². The Morgan fingerprint density at radius 1 is 0.862 bits per heavy atom. The SMILES string of the molecule is COC(OC)C12c3ccccc3C(c3ccccc31)C1C(=O)N(C(C)C)C(=O)C12. The molecule has 2 aromatic carbocycles. The number of ether oxygens (including phenoxy) is 2. The first kappa shape index (κ1) is 18.5. The van der Waals surface area contributed by atoms with Gasteiger partial charge >= 0.3 is 0 Å². The van der Waals surface area contributed by atoms with Crippen molar-refractivity contribution in [2.75, 3.05) is 14.2 Å². The van der Waals surface area contributed by atoms with Crippen LogP contribution >= 0.6 is 0 Å². The van der Waals surface area contributed by atoms with E-state index >= 15 is 0 Å². The molecule has 2 unspecified atom stereocenters. The molecule has 5 heteroatoms. The Bertz CT molecular complexity index is 962. The molecule has 0 spiro atoms. The minimum atomic E-state index is -0.869. The maximum atomic E-state index is 13.7. The number of likely N-dealkylation sites (tertiary alicyclic amines) is 1. The first-order chi connectivity index (χ1) is 14.0. The van der Waals surface area contributed by atoms with Crippen LogP contribution in [0.4, 0.5) is 0 Å². The Hall–Kier alpha value is -2.50. The number of benzene rings is 2. The second-order valence-corrected chi connectivity index (χ2v) is 8.47. The van der Waals surface area contributed by atoms with Gasteiger partial charge in [-0.2, -0.15) is 0 Å². The molecule has 0 N–H and O–H groups in total. The average Bonchev–Trinajstić information content (AvgIpc) is 3.00. The van der Waals surface area contributed by atoms with Crippen LogP contribution < -0.4 is 0 Å². The quantitative estimate of drug-likeness (QED) is 0.594. The van der Waals surface area contributed by atoms with Gasteiger partial charge in [0.25, 0.3) is 0 Å². The van der Waals surface area contributed by atoms with E-state index in [-0.39, 0.29) is 23.8 Å². The van der Waals surface area contributed by atoms with E-state index in [0.29, 0.717) is 0 Å².